The first kappa shape index (κ1) is 14.8. The molecule has 3 unspecified atom stereocenters. The van der Waals surface area contributed by atoms with Gasteiger partial charge in [-0.3, -0.25) is 0 Å². The monoisotopic (exact) mass is 280 g/mol. The summed E-state index contributed by atoms with van der Waals surface area (Å²) in [5.74, 6) is 1.91. The molecule has 0 heterocycles. The highest BCUT2D eigenvalue weighted by atomic mass is 16.3. The molecule has 3 atom stereocenters. The Labute approximate surface area is 124 Å². The third-order valence-corrected chi connectivity index (χ3v) is 7.37. The van der Waals surface area contributed by atoms with Crippen molar-refractivity contribution in [2.75, 3.05) is 6.61 Å². The molecule has 0 radical (unpaired) electrons. The second-order valence-electron chi connectivity index (χ2n) is 8.56. The third-order valence-electron chi connectivity index (χ3n) is 7.37. The van der Waals surface area contributed by atoms with Crippen molar-refractivity contribution in [3.8, 4) is 0 Å². The van der Waals surface area contributed by atoms with E-state index in [2.05, 4.69) is 20.8 Å². The van der Waals surface area contributed by atoms with E-state index >= 15 is 0 Å². The van der Waals surface area contributed by atoms with E-state index < -0.39 is 5.60 Å². The minimum absolute atomic E-state index is 0.0799. The van der Waals surface area contributed by atoms with Crippen LogP contribution in [0.3, 0.4) is 0 Å². The van der Waals surface area contributed by atoms with Crippen molar-refractivity contribution in [2.45, 2.75) is 77.7 Å². The van der Waals surface area contributed by atoms with E-state index in [0.717, 1.165) is 31.1 Å². The molecular formula is C18H32O2. The summed E-state index contributed by atoms with van der Waals surface area (Å²) in [7, 11) is 0. The van der Waals surface area contributed by atoms with Crippen molar-refractivity contribution < 1.29 is 10.2 Å². The van der Waals surface area contributed by atoms with Gasteiger partial charge in [0.2, 0.25) is 0 Å². The van der Waals surface area contributed by atoms with Gasteiger partial charge in [0.1, 0.15) is 0 Å². The third kappa shape index (κ3) is 1.90. The molecule has 4 saturated carbocycles. The summed E-state index contributed by atoms with van der Waals surface area (Å²) in [4.78, 5) is 0. The normalized spacial score (nSPS) is 45.9. The van der Waals surface area contributed by atoms with E-state index in [-0.39, 0.29) is 10.8 Å². The summed E-state index contributed by atoms with van der Waals surface area (Å²) in [6.45, 7) is 6.87. The fourth-order valence-electron chi connectivity index (χ4n) is 6.75. The molecule has 2 nitrogen and oxygen atoms in total. The van der Waals surface area contributed by atoms with Gasteiger partial charge in [-0.05, 0) is 68.6 Å². The van der Waals surface area contributed by atoms with Crippen molar-refractivity contribution in [2.24, 2.45) is 28.6 Å². The summed E-state index contributed by atoms with van der Waals surface area (Å²) in [5, 5.41) is 21.5. The molecular weight excluding hydrogens is 248 g/mol. The standard InChI is InChI=1S/C18H32O2/c1-4-15(5-2)16(3,20)18-9-13-6-14(10-18)8-17(7-13,11-18)12-19/h13-15,19-20H,4-12H2,1-3H3. The first-order valence-corrected chi connectivity index (χ1v) is 8.73. The van der Waals surface area contributed by atoms with E-state index in [1.807, 2.05) is 0 Å². The Hall–Kier alpha value is -0.0800. The first-order chi connectivity index (χ1) is 9.40. The zero-order valence-corrected chi connectivity index (χ0v) is 13.5. The topological polar surface area (TPSA) is 40.5 Å². The lowest BCUT2D eigenvalue weighted by molar-refractivity contribution is -0.225. The quantitative estimate of drug-likeness (QED) is 0.805. The van der Waals surface area contributed by atoms with Crippen LogP contribution in [0.2, 0.25) is 0 Å². The minimum Gasteiger partial charge on any atom is -0.396 e. The number of rotatable bonds is 5. The van der Waals surface area contributed by atoms with E-state index in [1.165, 1.54) is 32.1 Å². The summed E-state index contributed by atoms with van der Waals surface area (Å²) in [6.07, 6.45) is 9.36. The molecule has 0 spiro atoms. The Morgan fingerprint density at radius 2 is 1.65 bits per heavy atom. The smallest absolute Gasteiger partial charge is 0.0703 e. The molecule has 0 amide bonds. The fourth-order valence-corrected chi connectivity index (χ4v) is 6.75. The minimum atomic E-state index is -0.561. The van der Waals surface area contributed by atoms with E-state index in [0.29, 0.717) is 12.5 Å². The van der Waals surface area contributed by atoms with Crippen LogP contribution in [0.5, 0.6) is 0 Å². The zero-order chi connectivity index (χ0) is 14.6. The lowest BCUT2D eigenvalue weighted by Gasteiger charge is -2.66. The van der Waals surface area contributed by atoms with Crippen molar-refractivity contribution in [1.29, 1.82) is 0 Å². The molecule has 116 valence electrons. The second-order valence-corrected chi connectivity index (χ2v) is 8.56. The Morgan fingerprint density at radius 3 is 2.10 bits per heavy atom. The van der Waals surface area contributed by atoms with Gasteiger partial charge in [0.25, 0.3) is 0 Å². The van der Waals surface area contributed by atoms with Crippen LogP contribution in [-0.2, 0) is 0 Å². The molecule has 4 fully saturated rings. The molecule has 20 heavy (non-hydrogen) atoms. The van der Waals surface area contributed by atoms with Crippen LogP contribution in [0, 0.1) is 28.6 Å². The lowest BCUT2D eigenvalue weighted by Crippen LogP contribution is -2.63. The van der Waals surface area contributed by atoms with E-state index in [4.69, 9.17) is 0 Å². The largest absolute Gasteiger partial charge is 0.396 e. The highest BCUT2D eigenvalue weighted by molar-refractivity contribution is 5.14. The molecule has 2 heteroatoms. The average Bonchev–Trinajstić information content (AvgIpc) is 2.38. The van der Waals surface area contributed by atoms with Gasteiger partial charge in [0.05, 0.1) is 5.60 Å². The molecule has 0 aromatic rings. The molecule has 4 aliphatic rings. The number of aliphatic hydroxyl groups is 2. The number of hydrogen-bond donors (Lipinski definition) is 2. The van der Waals surface area contributed by atoms with Gasteiger partial charge in [0, 0.05) is 12.0 Å². The van der Waals surface area contributed by atoms with Crippen LogP contribution in [0.1, 0.15) is 72.1 Å². The Bertz CT molecular complexity index is 356. The van der Waals surface area contributed by atoms with Crippen LogP contribution in [-0.4, -0.2) is 22.4 Å². The van der Waals surface area contributed by atoms with Gasteiger partial charge >= 0.3 is 0 Å². The molecule has 4 aliphatic carbocycles. The van der Waals surface area contributed by atoms with E-state index in [9.17, 15) is 10.2 Å². The molecule has 0 aromatic carbocycles. The summed E-state index contributed by atoms with van der Waals surface area (Å²) in [6, 6.07) is 0. The number of hydrogen-bond acceptors (Lipinski definition) is 2. The van der Waals surface area contributed by atoms with Gasteiger partial charge < -0.3 is 10.2 Å². The molecule has 4 bridgehead atoms. The van der Waals surface area contributed by atoms with Gasteiger partial charge in [-0.25, -0.2) is 0 Å². The second kappa shape index (κ2) is 4.71. The van der Waals surface area contributed by atoms with Crippen LogP contribution in [0.25, 0.3) is 0 Å². The Kier molecular flexibility index (Phi) is 3.49. The fraction of sp³-hybridized carbons (Fsp3) is 1.00. The van der Waals surface area contributed by atoms with Crippen molar-refractivity contribution in [3.63, 3.8) is 0 Å². The van der Waals surface area contributed by atoms with Gasteiger partial charge in [-0.1, -0.05) is 26.7 Å². The molecule has 0 aromatic heterocycles. The van der Waals surface area contributed by atoms with Gasteiger partial charge in [-0.2, -0.15) is 0 Å². The first-order valence-electron chi connectivity index (χ1n) is 8.73. The van der Waals surface area contributed by atoms with Gasteiger partial charge in [0.15, 0.2) is 0 Å². The van der Waals surface area contributed by atoms with Crippen molar-refractivity contribution in [3.05, 3.63) is 0 Å². The van der Waals surface area contributed by atoms with Crippen LogP contribution >= 0.6 is 0 Å². The van der Waals surface area contributed by atoms with Crippen LogP contribution in [0.4, 0.5) is 0 Å². The molecule has 4 rings (SSSR count). The zero-order valence-electron chi connectivity index (χ0n) is 13.5. The average molecular weight is 280 g/mol. The summed E-state index contributed by atoms with van der Waals surface area (Å²) < 4.78 is 0. The highest BCUT2D eigenvalue weighted by Gasteiger charge is 2.63. The molecule has 0 aliphatic heterocycles. The summed E-state index contributed by atoms with van der Waals surface area (Å²) >= 11 is 0. The Balaban J connectivity index is 1.95. The van der Waals surface area contributed by atoms with Gasteiger partial charge in [-0.15, -0.1) is 0 Å². The predicted octanol–water partition coefficient (Wildman–Crippen LogP) is 3.75. The maximum atomic E-state index is 11.5. The molecule has 0 saturated heterocycles. The SMILES string of the molecule is CCC(CC)C(C)(O)C12CC3CC(CC(CO)(C3)C1)C2. The van der Waals surface area contributed by atoms with Crippen molar-refractivity contribution >= 4 is 0 Å². The Morgan fingerprint density at radius 1 is 1.10 bits per heavy atom. The maximum absolute atomic E-state index is 11.5. The maximum Gasteiger partial charge on any atom is 0.0703 e. The lowest BCUT2D eigenvalue weighted by atomic mass is 9.40. The van der Waals surface area contributed by atoms with E-state index in [1.54, 1.807) is 0 Å². The predicted molar refractivity (Wildman–Crippen MR) is 81.3 cm³/mol. The molecule has 2 N–H and O–H groups in total. The summed E-state index contributed by atoms with van der Waals surface area (Å²) in [5.41, 5.74) is -0.342. The van der Waals surface area contributed by atoms with Crippen LogP contribution < -0.4 is 0 Å². The highest BCUT2D eigenvalue weighted by Crippen LogP contribution is 2.69. The van der Waals surface area contributed by atoms with Crippen molar-refractivity contribution in [1.82, 2.24) is 0 Å². The number of aliphatic hydroxyl groups excluding tert-OH is 1. The van der Waals surface area contributed by atoms with Crippen LogP contribution in [0.15, 0.2) is 0 Å².